The molecule has 0 aromatic carbocycles. The molecule has 0 unspecified atom stereocenters. The number of aromatic nitrogens is 1. The van der Waals surface area contributed by atoms with Gasteiger partial charge in [-0.3, -0.25) is 4.98 Å². The highest BCUT2D eigenvalue weighted by Crippen LogP contribution is 2.37. The van der Waals surface area contributed by atoms with Crippen molar-refractivity contribution in [1.29, 1.82) is 0 Å². The topological polar surface area (TPSA) is 31.4 Å². The summed E-state index contributed by atoms with van der Waals surface area (Å²) in [5, 5.41) is 0. The van der Waals surface area contributed by atoms with Crippen LogP contribution in [0.15, 0.2) is 24.4 Å². The summed E-state index contributed by atoms with van der Waals surface area (Å²) in [5.74, 6) is 0. The summed E-state index contributed by atoms with van der Waals surface area (Å²) in [6, 6.07) is 5.88. The van der Waals surface area contributed by atoms with Crippen LogP contribution in [-0.2, 0) is 15.6 Å². The Morgan fingerprint density at radius 1 is 1.12 bits per heavy atom. The Kier molecular flexibility index (Phi) is 2.80. The lowest BCUT2D eigenvalue weighted by Crippen LogP contribution is -2.41. The largest absolute Gasteiger partial charge is 0.464 e. The summed E-state index contributed by atoms with van der Waals surface area (Å²) >= 11 is 0. The van der Waals surface area contributed by atoms with Crippen molar-refractivity contribution < 1.29 is 9.31 Å². The molecule has 4 heteroatoms. The maximum Gasteiger partial charge on any atom is 0.464 e. The van der Waals surface area contributed by atoms with E-state index in [2.05, 4.69) is 32.7 Å². The third kappa shape index (κ3) is 2.13. The Labute approximate surface area is 97.3 Å². The highest BCUT2D eigenvalue weighted by molar-refractivity contribution is 6.44. The van der Waals surface area contributed by atoms with Gasteiger partial charge in [0.1, 0.15) is 0 Å². The van der Waals surface area contributed by atoms with Crippen molar-refractivity contribution in [2.75, 3.05) is 0 Å². The molecule has 2 rings (SSSR count). The van der Waals surface area contributed by atoms with E-state index < -0.39 is 0 Å². The first-order valence-corrected chi connectivity index (χ1v) is 5.66. The van der Waals surface area contributed by atoms with E-state index in [1.54, 1.807) is 6.20 Å². The van der Waals surface area contributed by atoms with Crippen molar-refractivity contribution in [1.82, 2.24) is 4.98 Å². The van der Waals surface area contributed by atoms with Crippen molar-refractivity contribution in [3.63, 3.8) is 0 Å². The molecule has 1 aromatic rings. The van der Waals surface area contributed by atoms with Gasteiger partial charge in [0.15, 0.2) is 0 Å². The van der Waals surface area contributed by atoms with Crippen LogP contribution >= 0.6 is 0 Å². The van der Waals surface area contributed by atoms with Gasteiger partial charge in [0.05, 0.1) is 11.2 Å². The highest BCUT2D eigenvalue weighted by Gasteiger charge is 2.50. The van der Waals surface area contributed by atoms with Gasteiger partial charge in [0, 0.05) is 18.2 Å². The third-order valence-electron chi connectivity index (χ3n) is 3.40. The Morgan fingerprint density at radius 3 is 2.25 bits per heavy atom. The van der Waals surface area contributed by atoms with Crippen LogP contribution in [-0.4, -0.2) is 23.3 Å². The summed E-state index contributed by atoms with van der Waals surface area (Å²) in [5.41, 5.74) is 0.486. The molecule has 0 atom stereocenters. The first-order chi connectivity index (χ1) is 7.41. The maximum atomic E-state index is 5.91. The van der Waals surface area contributed by atoms with Crippen molar-refractivity contribution in [2.24, 2.45) is 0 Å². The zero-order valence-corrected chi connectivity index (χ0v) is 10.4. The van der Waals surface area contributed by atoms with Crippen LogP contribution in [0.4, 0.5) is 0 Å². The normalized spacial score (nSPS) is 22.4. The van der Waals surface area contributed by atoms with Gasteiger partial charge in [0.2, 0.25) is 0 Å². The molecule has 2 heterocycles. The Bertz CT molecular complexity index is 349. The molecule has 0 amide bonds. The lowest BCUT2D eigenvalue weighted by molar-refractivity contribution is 0.00578. The van der Waals surface area contributed by atoms with E-state index in [4.69, 9.17) is 9.31 Å². The monoisotopic (exact) mass is 219 g/mol. The highest BCUT2D eigenvalue weighted by atomic mass is 16.7. The van der Waals surface area contributed by atoms with E-state index in [0.29, 0.717) is 6.32 Å². The Morgan fingerprint density at radius 2 is 1.75 bits per heavy atom. The van der Waals surface area contributed by atoms with Gasteiger partial charge >= 0.3 is 7.12 Å². The van der Waals surface area contributed by atoms with Crippen LogP contribution in [0, 0.1) is 0 Å². The van der Waals surface area contributed by atoms with E-state index in [1.165, 1.54) is 0 Å². The second kappa shape index (κ2) is 3.86. The summed E-state index contributed by atoms with van der Waals surface area (Å²) in [7, 11) is -0.195. The van der Waals surface area contributed by atoms with Crippen molar-refractivity contribution >= 4 is 7.12 Å². The first-order valence-electron chi connectivity index (χ1n) is 5.66. The second-order valence-electron chi connectivity index (χ2n) is 5.21. The lowest BCUT2D eigenvalue weighted by atomic mass is 9.83. The van der Waals surface area contributed by atoms with E-state index in [0.717, 1.165) is 5.69 Å². The fourth-order valence-electron chi connectivity index (χ4n) is 1.74. The average Bonchev–Trinajstić information content (AvgIpc) is 2.36. The van der Waals surface area contributed by atoms with E-state index >= 15 is 0 Å². The third-order valence-corrected chi connectivity index (χ3v) is 3.40. The SMILES string of the molecule is CC1(C)OB(Cc2ccccn2)OC1(C)C. The van der Waals surface area contributed by atoms with E-state index in [-0.39, 0.29) is 18.3 Å². The Balaban J connectivity index is 2.05. The molecule has 3 nitrogen and oxygen atoms in total. The fraction of sp³-hybridized carbons (Fsp3) is 0.583. The average molecular weight is 219 g/mol. The number of nitrogens with zero attached hydrogens (tertiary/aromatic N) is 1. The van der Waals surface area contributed by atoms with Crippen LogP contribution in [0.5, 0.6) is 0 Å². The molecule has 0 saturated carbocycles. The van der Waals surface area contributed by atoms with Gasteiger partial charge in [-0.15, -0.1) is 0 Å². The number of hydrogen-bond donors (Lipinski definition) is 0. The molecule has 0 radical (unpaired) electrons. The van der Waals surface area contributed by atoms with Gasteiger partial charge in [0.25, 0.3) is 0 Å². The summed E-state index contributed by atoms with van der Waals surface area (Å²) < 4.78 is 11.8. The van der Waals surface area contributed by atoms with Crippen LogP contribution in [0.3, 0.4) is 0 Å². The van der Waals surface area contributed by atoms with Gasteiger partial charge in [-0.25, -0.2) is 0 Å². The minimum atomic E-state index is -0.257. The molecule has 0 spiro atoms. The predicted molar refractivity (Wildman–Crippen MR) is 64.0 cm³/mol. The zero-order chi connectivity index (χ0) is 11.8. The number of pyridine rings is 1. The number of hydrogen-bond acceptors (Lipinski definition) is 3. The molecule has 1 fully saturated rings. The molecule has 1 aliphatic rings. The molecule has 1 aromatic heterocycles. The van der Waals surface area contributed by atoms with E-state index in [1.807, 2.05) is 18.2 Å². The fourth-order valence-corrected chi connectivity index (χ4v) is 1.74. The minimum absolute atomic E-state index is 0.195. The van der Waals surface area contributed by atoms with Crippen molar-refractivity contribution in [3.8, 4) is 0 Å². The zero-order valence-electron chi connectivity index (χ0n) is 10.4. The van der Waals surface area contributed by atoms with Gasteiger partial charge in [-0.05, 0) is 39.8 Å². The van der Waals surface area contributed by atoms with Crippen molar-refractivity contribution in [2.45, 2.75) is 45.2 Å². The van der Waals surface area contributed by atoms with Crippen LogP contribution < -0.4 is 0 Å². The molecule has 0 bridgehead atoms. The maximum absolute atomic E-state index is 5.91. The lowest BCUT2D eigenvalue weighted by Gasteiger charge is -2.32. The quantitative estimate of drug-likeness (QED) is 0.715. The summed E-state index contributed by atoms with van der Waals surface area (Å²) in [6.45, 7) is 8.24. The van der Waals surface area contributed by atoms with Gasteiger partial charge in [-0.1, -0.05) is 6.07 Å². The molecule has 86 valence electrons. The minimum Gasteiger partial charge on any atom is -0.403 e. The molecular weight excluding hydrogens is 201 g/mol. The smallest absolute Gasteiger partial charge is 0.403 e. The summed E-state index contributed by atoms with van der Waals surface area (Å²) in [4.78, 5) is 4.28. The molecular formula is C12H18BNO2. The van der Waals surface area contributed by atoms with Crippen LogP contribution in [0.25, 0.3) is 0 Å². The number of rotatable bonds is 2. The van der Waals surface area contributed by atoms with Gasteiger partial charge < -0.3 is 9.31 Å². The molecule has 1 aliphatic heterocycles. The second-order valence-corrected chi connectivity index (χ2v) is 5.21. The molecule has 1 saturated heterocycles. The predicted octanol–water partition coefficient (Wildman–Crippen LogP) is 2.26. The van der Waals surface area contributed by atoms with Crippen molar-refractivity contribution in [3.05, 3.63) is 30.1 Å². The van der Waals surface area contributed by atoms with Crippen LogP contribution in [0.2, 0.25) is 0 Å². The molecule has 16 heavy (non-hydrogen) atoms. The van der Waals surface area contributed by atoms with E-state index in [9.17, 15) is 0 Å². The van der Waals surface area contributed by atoms with Crippen LogP contribution in [0.1, 0.15) is 33.4 Å². The standard InChI is InChI=1S/C12H18BNO2/c1-11(2)12(3,4)16-13(15-11)9-10-7-5-6-8-14-10/h5-8H,9H2,1-4H3. The Hall–Kier alpha value is -0.865. The molecule has 0 aliphatic carbocycles. The van der Waals surface area contributed by atoms with Gasteiger partial charge in [-0.2, -0.15) is 0 Å². The molecule has 0 N–H and O–H groups in total. The summed E-state index contributed by atoms with van der Waals surface area (Å²) in [6.07, 6.45) is 2.49. The first kappa shape index (κ1) is 11.6.